The maximum absolute atomic E-state index is 11.1. The van der Waals surface area contributed by atoms with Crippen LogP contribution in [-0.2, 0) is 19.6 Å². The van der Waals surface area contributed by atoms with Crippen molar-refractivity contribution in [3.63, 3.8) is 0 Å². The van der Waals surface area contributed by atoms with Gasteiger partial charge in [0.25, 0.3) is 0 Å². The second kappa shape index (κ2) is 5.41. The number of benzene rings is 1. The molecule has 0 bridgehead atoms. The quantitative estimate of drug-likeness (QED) is 0.933. The monoisotopic (exact) mass is 298 g/mol. The van der Waals surface area contributed by atoms with E-state index in [1.165, 1.54) is 4.90 Å². The van der Waals surface area contributed by atoms with E-state index >= 15 is 0 Å². The number of carbonyl (C=O) groups is 1. The van der Waals surface area contributed by atoms with Crippen LogP contribution in [0.5, 0.6) is 5.75 Å². The van der Waals surface area contributed by atoms with Crippen LogP contribution in [0.2, 0.25) is 0 Å². The molecule has 22 heavy (non-hydrogen) atoms. The van der Waals surface area contributed by atoms with Gasteiger partial charge in [0, 0.05) is 5.56 Å². The van der Waals surface area contributed by atoms with E-state index in [1.807, 2.05) is 30.3 Å². The van der Waals surface area contributed by atoms with Gasteiger partial charge in [0.05, 0.1) is 32.4 Å². The maximum atomic E-state index is 11.1. The molecule has 2 heterocycles. The van der Waals surface area contributed by atoms with E-state index in [-0.39, 0.29) is 13.1 Å². The lowest BCUT2D eigenvalue weighted by molar-refractivity contribution is 0.144. The fourth-order valence-electron chi connectivity index (χ4n) is 2.56. The molecule has 3 rings (SSSR count). The van der Waals surface area contributed by atoms with E-state index < -0.39 is 6.09 Å². The van der Waals surface area contributed by atoms with Gasteiger partial charge in [-0.15, -0.1) is 0 Å². The van der Waals surface area contributed by atoms with E-state index in [1.54, 1.807) is 11.8 Å². The van der Waals surface area contributed by atoms with Crippen molar-refractivity contribution < 1.29 is 14.6 Å². The minimum absolute atomic E-state index is 0.218. The number of aromatic nitrogens is 2. The van der Waals surface area contributed by atoms with Gasteiger partial charge in [-0.05, 0) is 17.7 Å². The average Bonchev–Trinajstić information content (AvgIpc) is 3.08. The summed E-state index contributed by atoms with van der Waals surface area (Å²) < 4.78 is 6.82. The summed E-state index contributed by atoms with van der Waals surface area (Å²) in [4.78, 5) is 12.4. The molecule has 1 aliphatic rings. The Morgan fingerprint density at radius 2 is 2.14 bits per heavy atom. The van der Waals surface area contributed by atoms with Crippen LogP contribution < -0.4 is 4.74 Å². The first-order valence-electron chi connectivity index (χ1n) is 6.72. The molecule has 0 unspecified atom stereocenters. The highest BCUT2D eigenvalue weighted by atomic mass is 16.5. The second-order valence-corrected chi connectivity index (χ2v) is 5.03. The van der Waals surface area contributed by atoms with Crippen LogP contribution in [-0.4, -0.2) is 33.0 Å². The van der Waals surface area contributed by atoms with Gasteiger partial charge >= 0.3 is 6.09 Å². The first-order chi connectivity index (χ1) is 10.6. The van der Waals surface area contributed by atoms with E-state index in [4.69, 9.17) is 15.1 Å². The normalized spacial score (nSPS) is 12.8. The lowest BCUT2D eigenvalue weighted by atomic mass is 10.2. The number of hydrogen-bond donors (Lipinski definition) is 1. The molecule has 1 aliphatic heterocycles. The molecular weight excluding hydrogens is 284 g/mol. The van der Waals surface area contributed by atoms with Crippen molar-refractivity contribution in [1.29, 1.82) is 5.26 Å². The largest absolute Gasteiger partial charge is 0.497 e. The smallest absolute Gasteiger partial charge is 0.407 e. The van der Waals surface area contributed by atoms with Crippen LogP contribution in [0, 0.1) is 11.3 Å². The van der Waals surface area contributed by atoms with Crippen molar-refractivity contribution in [3.05, 3.63) is 46.8 Å². The molecule has 0 spiro atoms. The Morgan fingerprint density at radius 3 is 2.73 bits per heavy atom. The third-order valence-corrected chi connectivity index (χ3v) is 3.72. The van der Waals surface area contributed by atoms with Gasteiger partial charge in [0.1, 0.15) is 11.8 Å². The summed E-state index contributed by atoms with van der Waals surface area (Å²) in [5, 5.41) is 22.6. The third kappa shape index (κ3) is 2.35. The Kier molecular flexibility index (Phi) is 3.43. The molecule has 1 aromatic carbocycles. The number of amides is 1. The number of hydrogen-bond acceptors (Lipinski definition) is 4. The lowest BCUT2D eigenvalue weighted by Crippen LogP contribution is -2.24. The molecule has 0 aliphatic carbocycles. The molecular formula is C15H14N4O3. The Bertz CT molecular complexity index is 758. The van der Waals surface area contributed by atoms with Gasteiger partial charge in [-0.2, -0.15) is 10.4 Å². The van der Waals surface area contributed by atoms with Crippen LogP contribution >= 0.6 is 0 Å². The SMILES string of the molecule is COc1ccc(Cn2nc(C#N)c3c2CN(C(=O)O)C3)cc1. The van der Waals surface area contributed by atoms with E-state index in [0.29, 0.717) is 17.8 Å². The Hall–Kier alpha value is -3.01. The first-order valence-corrected chi connectivity index (χ1v) is 6.72. The number of rotatable bonds is 3. The standard InChI is InChI=1S/C15H14N4O3/c1-22-11-4-2-10(3-5-11)7-19-14-9-18(15(20)21)8-12(14)13(6-16)17-19/h2-5H,7-9H2,1H3,(H,20,21). The zero-order chi connectivity index (χ0) is 15.7. The molecule has 0 fully saturated rings. The first kappa shape index (κ1) is 13.9. The second-order valence-electron chi connectivity index (χ2n) is 5.03. The Balaban J connectivity index is 1.89. The molecule has 0 saturated heterocycles. The summed E-state index contributed by atoms with van der Waals surface area (Å²) in [6.45, 7) is 0.965. The summed E-state index contributed by atoms with van der Waals surface area (Å²) in [6, 6.07) is 9.59. The molecule has 0 radical (unpaired) electrons. The maximum Gasteiger partial charge on any atom is 0.407 e. The predicted octanol–water partition coefficient (Wildman–Crippen LogP) is 1.81. The van der Waals surface area contributed by atoms with Crippen molar-refractivity contribution in [2.24, 2.45) is 0 Å². The number of carboxylic acid groups (broad SMARTS) is 1. The van der Waals surface area contributed by atoms with Crippen molar-refractivity contribution in [3.8, 4) is 11.8 Å². The Morgan fingerprint density at radius 1 is 1.41 bits per heavy atom. The molecule has 0 atom stereocenters. The molecule has 112 valence electrons. The lowest BCUT2D eigenvalue weighted by Gasteiger charge is -2.11. The minimum Gasteiger partial charge on any atom is -0.497 e. The van der Waals surface area contributed by atoms with Crippen LogP contribution in [0.25, 0.3) is 0 Å². The fraction of sp³-hybridized carbons (Fsp3) is 0.267. The van der Waals surface area contributed by atoms with Gasteiger partial charge in [-0.25, -0.2) is 4.79 Å². The molecule has 7 nitrogen and oxygen atoms in total. The van der Waals surface area contributed by atoms with Crippen molar-refractivity contribution in [2.45, 2.75) is 19.6 Å². The number of nitrogens with zero attached hydrogens (tertiary/aromatic N) is 4. The van der Waals surface area contributed by atoms with E-state index in [9.17, 15) is 4.79 Å². The van der Waals surface area contributed by atoms with Gasteiger partial charge in [0.15, 0.2) is 5.69 Å². The molecule has 1 N–H and O–H groups in total. The summed E-state index contributed by atoms with van der Waals surface area (Å²) in [5.41, 5.74) is 2.80. The Labute approximate surface area is 127 Å². The average molecular weight is 298 g/mol. The van der Waals surface area contributed by atoms with Gasteiger partial charge in [-0.1, -0.05) is 12.1 Å². The number of nitriles is 1. The van der Waals surface area contributed by atoms with Crippen molar-refractivity contribution in [2.75, 3.05) is 7.11 Å². The third-order valence-electron chi connectivity index (χ3n) is 3.72. The highest BCUT2D eigenvalue weighted by molar-refractivity contribution is 5.66. The molecule has 2 aromatic rings. The topological polar surface area (TPSA) is 91.4 Å². The zero-order valence-corrected chi connectivity index (χ0v) is 12.0. The minimum atomic E-state index is -0.990. The summed E-state index contributed by atoms with van der Waals surface area (Å²) in [6.07, 6.45) is -0.990. The van der Waals surface area contributed by atoms with Gasteiger partial charge < -0.3 is 9.84 Å². The number of ether oxygens (including phenoxy) is 1. The van der Waals surface area contributed by atoms with Crippen LogP contribution in [0.4, 0.5) is 4.79 Å². The zero-order valence-electron chi connectivity index (χ0n) is 12.0. The molecule has 1 amide bonds. The van der Waals surface area contributed by atoms with E-state index in [2.05, 4.69) is 5.10 Å². The van der Waals surface area contributed by atoms with E-state index in [0.717, 1.165) is 17.0 Å². The van der Waals surface area contributed by atoms with Crippen LogP contribution in [0.3, 0.4) is 0 Å². The van der Waals surface area contributed by atoms with Crippen LogP contribution in [0.1, 0.15) is 22.5 Å². The number of fused-ring (bicyclic) bond motifs is 1. The number of methoxy groups -OCH3 is 1. The summed E-state index contributed by atoms with van der Waals surface area (Å²) >= 11 is 0. The summed E-state index contributed by atoms with van der Waals surface area (Å²) in [7, 11) is 1.61. The van der Waals surface area contributed by atoms with Crippen molar-refractivity contribution in [1.82, 2.24) is 14.7 Å². The summed E-state index contributed by atoms with van der Waals surface area (Å²) in [5.74, 6) is 0.768. The molecule has 1 aromatic heterocycles. The van der Waals surface area contributed by atoms with Crippen LogP contribution in [0.15, 0.2) is 24.3 Å². The molecule has 0 saturated carbocycles. The van der Waals surface area contributed by atoms with Gasteiger partial charge in [0.2, 0.25) is 0 Å². The molecule has 7 heteroatoms. The fourth-order valence-corrected chi connectivity index (χ4v) is 2.56. The van der Waals surface area contributed by atoms with Gasteiger partial charge in [-0.3, -0.25) is 9.58 Å². The predicted molar refractivity (Wildman–Crippen MR) is 76.3 cm³/mol. The highest BCUT2D eigenvalue weighted by Crippen LogP contribution is 2.26. The highest BCUT2D eigenvalue weighted by Gasteiger charge is 2.30. The van der Waals surface area contributed by atoms with Crippen molar-refractivity contribution >= 4 is 6.09 Å².